The monoisotopic (exact) mass is 508 g/mol. The van der Waals surface area contributed by atoms with E-state index in [1.54, 1.807) is 18.2 Å². The fourth-order valence-corrected chi connectivity index (χ4v) is 6.14. The summed E-state index contributed by atoms with van der Waals surface area (Å²) in [5.74, 6) is -7.46. The minimum atomic E-state index is -2.69. The largest absolute Gasteiger partial charge is 0.508 e. The second kappa shape index (κ2) is 8.25. The number of carbonyl (C=O) groups is 3. The summed E-state index contributed by atoms with van der Waals surface area (Å²) in [6.07, 6.45) is 0.139. The number of nitrogens with two attached hydrogens (primary N) is 1. The van der Waals surface area contributed by atoms with Crippen LogP contribution in [-0.4, -0.2) is 68.5 Å². The van der Waals surface area contributed by atoms with Crippen LogP contribution in [0.15, 0.2) is 53.3 Å². The standard InChI is InChI=1S/C27H25FN2O7/c1-30(2)21-16-10-12-9-15-14(11-3-5-13(28)6-4-11)7-8-17(31)19(15)22(32)18(12)24(34)27(16,37)25(35)20(23(21)33)26(29)36/h3-8,12,16,21,31-32,35,37H,9-10H2,1-2H3,(H2,29,36). The molecule has 0 aromatic heterocycles. The zero-order valence-electron chi connectivity index (χ0n) is 20.0. The Bertz CT molecular complexity index is 1440. The van der Waals surface area contributed by atoms with Crippen molar-refractivity contribution in [2.24, 2.45) is 17.6 Å². The third-order valence-electron chi connectivity index (χ3n) is 7.76. The Morgan fingerprint density at radius 2 is 1.73 bits per heavy atom. The molecule has 3 aliphatic rings. The molecule has 2 aromatic rings. The molecular weight excluding hydrogens is 483 g/mol. The number of amides is 1. The first-order valence-corrected chi connectivity index (χ1v) is 11.6. The number of fused-ring (bicyclic) bond motifs is 3. The number of rotatable bonds is 3. The highest BCUT2D eigenvalue weighted by Gasteiger charge is 2.64. The van der Waals surface area contributed by atoms with E-state index in [0.717, 1.165) is 0 Å². The molecule has 6 N–H and O–H groups in total. The Morgan fingerprint density at radius 1 is 1.08 bits per heavy atom. The highest BCUT2D eigenvalue weighted by Crippen LogP contribution is 2.53. The van der Waals surface area contributed by atoms with Gasteiger partial charge in [-0.05, 0) is 67.7 Å². The van der Waals surface area contributed by atoms with Gasteiger partial charge in [0, 0.05) is 11.5 Å². The van der Waals surface area contributed by atoms with Gasteiger partial charge in [-0.3, -0.25) is 19.3 Å². The minimum Gasteiger partial charge on any atom is -0.508 e. The minimum absolute atomic E-state index is 0.00965. The lowest BCUT2D eigenvalue weighted by Gasteiger charge is -2.50. The molecule has 0 bridgehead atoms. The van der Waals surface area contributed by atoms with E-state index < -0.39 is 63.9 Å². The number of nitrogens with zero attached hydrogens (tertiary/aromatic N) is 1. The molecule has 2 aromatic carbocycles. The fourth-order valence-electron chi connectivity index (χ4n) is 6.14. The molecule has 1 saturated carbocycles. The normalized spacial score (nSPS) is 27.2. The summed E-state index contributed by atoms with van der Waals surface area (Å²) in [7, 11) is 3.08. The lowest BCUT2D eigenvalue weighted by atomic mass is 9.57. The van der Waals surface area contributed by atoms with Crippen molar-refractivity contribution in [3.05, 3.63) is 70.2 Å². The third-order valence-corrected chi connectivity index (χ3v) is 7.76. The van der Waals surface area contributed by atoms with Crippen LogP contribution in [-0.2, 0) is 20.8 Å². The van der Waals surface area contributed by atoms with Crippen molar-refractivity contribution in [2.45, 2.75) is 24.5 Å². The fraction of sp³-hybridized carbons (Fsp3) is 0.296. The summed E-state index contributed by atoms with van der Waals surface area (Å²) in [5.41, 5.74) is 3.28. The quantitative estimate of drug-likeness (QED) is 0.392. The molecule has 0 aliphatic heterocycles. The van der Waals surface area contributed by atoms with E-state index in [-0.39, 0.29) is 29.7 Å². The van der Waals surface area contributed by atoms with E-state index >= 15 is 0 Å². The van der Waals surface area contributed by atoms with E-state index in [0.29, 0.717) is 16.7 Å². The Kier molecular flexibility index (Phi) is 5.50. The number of primary amides is 1. The molecule has 0 heterocycles. The van der Waals surface area contributed by atoms with Gasteiger partial charge in [-0.2, -0.15) is 0 Å². The van der Waals surface area contributed by atoms with Gasteiger partial charge in [0.05, 0.1) is 11.6 Å². The molecule has 4 atom stereocenters. The topological polar surface area (TPSA) is 161 Å². The van der Waals surface area contributed by atoms with Crippen LogP contribution in [0.25, 0.3) is 16.9 Å². The lowest BCUT2D eigenvalue weighted by molar-refractivity contribution is -0.153. The first-order valence-electron chi connectivity index (χ1n) is 11.6. The van der Waals surface area contributed by atoms with Crippen molar-refractivity contribution in [1.29, 1.82) is 0 Å². The highest BCUT2D eigenvalue weighted by molar-refractivity contribution is 6.24. The molecule has 37 heavy (non-hydrogen) atoms. The maximum Gasteiger partial charge on any atom is 0.255 e. The van der Waals surface area contributed by atoms with Crippen LogP contribution in [0.2, 0.25) is 0 Å². The number of ketones is 2. The molecule has 10 heteroatoms. The van der Waals surface area contributed by atoms with Crippen LogP contribution < -0.4 is 5.73 Å². The summed E-state index contributed by atoms with van der Waals surface area (Å²) in [4.78, 5) is 40.5. The van der Waals surface area contributed by atoms with Crippen LogP contribution in [0.1, 0.15) is 17.5 Å². The molecule has 0 spiro atoms. The molecule has 1 fully saturated rings. The van der Waals surface area contributed by atoms with E-state index in [1.807, 2.05) is 0 Å². The number of aromatic hydroxyl groups is 1. The first kappa shape index (κ1) is 24.7. The number of phenolic OH excluding ortho intramolecular Hbond substituents is 1. The summed E-state index contributed by atoms with van der Waals surface area (Å²) < 4.78 is 13.5. The average Bonchev–Trinajstić information content (AvgIpc) is 2.82. The Morgan fingerprint density at radius 3 is 2.32 bits per heavy atom. The number of hydrogen-bond donors (Lipinski definition) is 5. The summed E-state index contributed by atoms with van der Waals surface area (Å²) in [6, 6.07) is 7.48. The lowest BCUT2D eigenvalue weighted by Crippen LogP contribution is -2.65. The van der Waals surface area contributed by atoms with Gasteiger partial charge in [0.15, 0.2) is 11.4 Å². The molecule has 5 rings (SSSR count). The van der Waals surface area contributed by atoms with Crippen molar-refractivity contribution >= 4 is 23.2 Å². The van der Waals surface area contributed by atoms with Gasteiger partial charge in [-0.1, -0.05) is 18.2 Å². The molecule has 192 valence electrons. The predicted octanol–water partition coefficient (Wildman–Crippen LogP) is 1.77. The number of benzene rings is 2. The van der Waals surface area contributed by atoms with Crippen LogP contribution in [0, 0.1) is 17.7 Å². The smallest absolute Gasteiger partial charge is 0.255 e. The SMILES string of the molecule is CN(C)C1C(=O)C(C(N)=O)=C(O)C2(O)C(=O)C3=C(O)c4c(O)ccc(-c5ccc(F)cc5)c4CC3CC12. The van der Waals surface area contributed by atoms with Gasteiger partial charge in [0.2, 0.25) is 5.78 Å². The second-order valence-corrected chi connectivity index (χ2v) is 9.95. The molecule has 3 aliphatic carbocycles. The zero-order valence-corrected chi connectivity index (χ0v) is 20.0. The van der Waals surface area contributed by atoms with Gasteiger partial charge >= 0.3 is 0 Å². The second-order valence-electron chi connectivity index (χ2n) is 9.95. The zero-order chi connectivity index (χ0) is 27.0. The van der Waals surface area contributed by atoms with Crippen LogP contribution in [0.4, 0.5) is 4.39 Å². The van der Waals surface area contributed by atoms with Gasteiger partial charge in [0.25, 0.3) is 5.91 Å². The summed E-state index contributed by atoms with van der Waals surface area (Å²) in [5, 5.41) is 44.4. The molecule has 1 amide bonds. The van der Waals surface area contributed by atoms with Crippen molar-refractivity contribution in [3.63, 3.8) is 0 Å². The summed E-state index contributed by atoms with van der Waals surface area (Å²) in [6.45, 7) is 0. The number of phenols is 1. The number of likely N-dealkylation sites (N-methyl/N-ethyl adjacent to an activating group) is 1. The average molecular weight is 509 g/mol. The third kappa shape index (κ3) is 3.32. The number of hydrogen-bond acceptors (Lipinski definition) is 8. The Labute approximate surface area is 210 Å². The molecule has 9 nitrogen and oxygen atoms in total. The van der Waals surface area contributed by atoms with E-state index in [1.165, 1.54) is 37.2 Å². The Balaban J connectivity index is 1.74. The maximum absolute atomic E-state index is 13.8. The van der Waals surface area contributed by atoms with Gasteiger partial charge in [-0.15, -0.1) is 0 Å². The number of aliphatic hydroxyl groups excluding tert-OH is 2. The van der Waals surface area contributed by atoms with Crippen molar-refractivity contribution in [1.82, 2.24) is 4.90 Å². The van der Waals surface area contributed by atoms with Gasteiger partial charge < -0.3 is 26.2 Å². The van der Waals surface area contributed by atoms with Crippen LogP contribution in [0.5, 0.6) is 5.75 Å². The Hall–Kier alpha value is -4.02. The number of aliphatic hydroxyl groups is 3. The molecular formula is C27H25FN2O7. The predicted molar refractivity (Wildman–Crippen MR) is 130 cm³/mol. The van der Waals surface area contributed by atoms with Crippen LogP contribution in [0.3, 0.4) is 0 Å². The van der Waals surface area contributed by atoms with Crippen molar-refractivity contribution in [2.75, 3.05) is 14.1 Å². The number of Topliss-reactive ketones (excluding diaryl/α,β-unsaturated/α-hetero) is 2. The van der Waals surface area contributed by atoms with Gasteiger partial charge in [0.1, 0.15) is 28.7 Å². The van der Waals surface area contributed by atoms with E-state index in [2.05, 4.69) is 0 Å². The van der Waals surface area contributed by atoms with Gasteiger partial charge in [-0.25, -0.2) is 4.39 Å². The molecule has 0 radical (unpaired) electrons. The highest BCUT2D eigenvalue weighted by atomic mass is 19.1. The van der Waals surface area contributed by atoms with E-state index in [9.17, 15) is 39.2 Å². The maximum atomic E-state index is 13.8. The summed E-state index contributed by atoms with van der Waals surface area (Å²) >= 11 is 0. The molecule has 4 unspecified atom stereocenters. The molecule has 0 saturated heterocycles. The van der Waals surface area contributed by atoms with Crippen molar-refractivity contribution in [3.8, 4) is 16.9 Å². The van der Waals surface area contributed by atoms with Crippen molar-refractivity contribution < 1.29 is 39.2 Å². The number of carbonyl (C=O) groups excluding carboxylic acids is 3. The number of halogens is 1. The van der Waals surface area contributed by atoms with Crippen LogP contribution >= 0.6 is 0 Å². The first-order chi connectivity index (χ1) is 17.4. The van der Waals surface area contributed by atoms with E-state index in [4.69, 9.17) is 5.73 Å².